The van der Waals surface area contributed by atoms with E-state index in [0.717, 1.165) is 25.0 Å². The van der Waals surface area contributed by atoms with Crippen molar-refractivity contribution >= 4 is 0 Å². The van der Waals surface area contributed by atoms with Crippen LogP contribution in [0.2, 0.25) is 0 Å². The Balaban J connectivity index is 1.54. The normalized spacial score (nSPS) is 24.6. The molecule has 4 rings (SSSR count). The standard InChI is InChI=1S/C25H32O4/c1-28-11-10-17-2-4-18(5-3-17)12-21-13-20(8-9-24(21)19-6-7-19)25-15-22(27)14-23(16-26)29-25/h2-5,8-9,13,19,22-23,25-27H,6-7,10-12,14-16H2,1H3/t22?,23-,25+/m0/s1. The molecule has 1 saturated carbocycles. The molecule has 1 aliphatic heterocycles. The second-order valence-corrected chi connectivity index (χ2v) is 8.52. The lowest BCUT2D eigenvalue weighted by atomic mass is 9.90. The maximum atomic E-state index is 10.2. The van der Waals surface area contributed by atoms with Gasteiger partial charge in [-0.3, -0.25) is 0 Å². The molecule has 0 bridgehead atoms. The Bertz CT molecular complexity index is 797. The Hall–Kier alpha value is -1.72. The molecule has 0 amide bonds. The Labute approximate surface area is 173 Å². The summed E-state index contributed by atoms with van der Waals surface area (Å²) in [5.74, 6) is 0.683. The quantitative estimate of drug-likeness (QED) is 0.710. The largest absolute Gasteiger partial charge is 0.394 e. The van der Waals surface area contributed by atoms with E-state index in [2.05, 4.69) is 42.5 Å². The highest BCUT2D eigenvalue weighted by atomic mass is 16.5. The van der Waals surface area contributed by atoms with E-state index < -0.39 is 6.10 Å². The number of aliphatic hydroxyl groups excluding tert-OH is 2. The first-order valence-electron chi connectivity index (χ1n) is 10.8. The smallest absolute Gasteiger partial charge is 0.0854 e. The number of benzene rings is 2. The van der Waals surface area contributed by atoms with Gasteiger partial charge in [-0.15, -0.1) is 0 Å². The van der Waals surface area contributed by atoms with E-state index in [9.17, 15) is 10.2 Å². The average Bonchev–Trinajstić information content (AvgIpc) is 3.58. The molecule has 1 heterocycles. The van der Waals surface area contributed by atoms with Gasteiger partial charge in [-0.05, 0) is 59.4 Å². The molecule has 4 heteroatoms. The van der Waals surface area contributed by atoms with Crippen molar-refractivity contribution in [3.8, 4) is 0 Å². The van der Waals surface area contributed by atoms with Gasteiger partial charge in [0.05, 0.1) is 31.5 Å². The van der Waals surface area contributed by atoms with E-state index in [0.29, 0.717) is 18.8 Å². The summed E-state index contributed by atoms with van der Waals surface area (Å²) in [5, 5.41) is 19.7. The van der Waals surface area contributed by atoms with Crippen LogP contribution < -0.4 is 0 Å². The first-order chi connectivity index (χ1) is 14.2. The molecule has 1 aliphatic carbocycles. The second kappa shape index (κ2) is 9.40. The van der Waals surface area contributed by atoms with Crippen LogP contribution in [-0.4, -0.2) is 42.7 Å². The van der Waals surface area contributed by atoms with Gasteiger partial charge >= 0.3 is 0 Å². The molecule has 1 saturated heterocycles. The number of rotatable bonds is 8. The molecule has 3 atom stereocenters. The van der Waals surface area contributed by atoms with Gasteiger partial charge in [0.2, 0.25) is 0 Å². The second-order valence-electron chi connectivity index (χ2n) is 8.52. The van der Waals surface area contributed by atoms with Crippen LogP contribution in [0, 0.1) is 0 Å². The van der Waals surface area contributed by atoms with Gasteiger partial charge < -0.3 is 19.7 Å². The van der Waals surface area contributed by atoms with Gasteiger partial charge in [0.25, 0.3) is 0 Å². The fourth-order valence-corrected chi connectivity index (χ4v) is 4.36. The predicted octanol–water partition coefficient (Wildman–Crippen LogP) is 3.92. The molecule has 0 aromatic heterocycles. The summed E-state index contributed by atoms with van der Waals surface area (Å²) >= 11 is 0. The lowest BCUT2D eigenvalue weighted by Gasteiger charge is -2.33. The van der Waals surface area contributed by atoms with Crippen molar-refractivity contribution in [2.24, 2.45) is 0 Å². The highest BCUT2D eigenvalue weighted by Gasteiger charge is 2.31. The lowest BCUT2D eigenvalue weighted by molar-refractivity contribution is -0.113. The van der Waals surface area contributed by atoms with Crippen molar-refractivity contribution in [1.82, 2.24) is 0 Å². The van der Waals surface area contributed by atoms with Crippen molar-refractivity contribution in [3.63, 3.8) is 0 Å². The zero-order valence-corrected chi connectivity index (χ0v) is 17.2. The highest BCUT2D eigenvalue weighted by Crippen LogP contribution is 2.43. The summed E-state index contributed by atoms with van der Waals surface area (Å²) < 4.78 is 11.2. The van der Waals surface area contributed by atoms with Gasteiger partial charge in [-0.1, -0.05) is 42.5 Å². The molecular formula is C25H32O4. The van der Waals surface area contributed by atoms with E-state index in [4.69, 9.17) is 9.47 Å². The maximum Gasteiger partial charge on any atom is 0.0854 e. The molecule has 2 fully saturated rings. The minimum Gasteiger partial charge on any atom is -0.394 e. The van der Waals surface area contributed by atoms with E-state index >= 15 is 0 Å². The van der Waals surface area contributed by atoms with Gasteiger partial charge in [-0.2, -0.15) is 0 Å². The first kappa shape index (κ1) is 20.5. The third kappa shape index (κ3) is 5.26. The van der Waals surface area contributed by atoms with Crippen LogP contribution >= 0.6 is 0 Å². The zero-order chi connectivity index (χ0) is 20.2. The Morgan fingerprint density at radius 2 is 1.79 bits per heavy atom. The number of hydrogen-bond acceptors (Lipinski definition) is 4. The Morgan fingerprint density at radius 1 is 1.03 bits per heavy atom. The molecule has 2 aromatic rings. The molecule has 29 heavy (non-hydrogen) atoms. The van der Waals surface area contributed by atoms with Crippen LogP contribution in [0.25, 0.3) is 0 Å². The van der Waals surface area contributed by atoms with Crippen LogP contribution in [0.5, 0.6) is 0 Å². The van der Waals surface area contributed by atoms with Crippen molar-refractivity contribution in [2.45, 2.75) is 62.8 Å². The number of aliphatic hydroxyl groups is 2. The number of hydrogen-bond donors (Lipinski definition) is 2. The summed E-state index contributed by atoms with van der Waals surface area (Å²) in [6, 6.07) is 15.5. The summed E-state index contributed by atoms with van der Waals surface area (Å²) in [6.45, 7) is 0.700. The van der Waals surface area contributed by atoms with Crippen LogP contribution in [0.3, 0.4) is 0 Å². The van der Waals surface area contributed by atoms with Crippen molar-refractivity contribution < 1.29 is 19.7 Å². The summed E-state index contributed by atoms with van der Waals surface area (Å²) in [4.78, 5) is 0. The minimum absolute atomic E-state index is 0.0456. The van der Waals surface area contributed by atoms with Crippen molar-refractivity contribution in [2.75, 3.05) is 20.3 Å². The van der Waals surface area contributed by atoms with Crippen molar-refractivity contribution in [3.05, 3.63) is 70.3 Å². The van der Waals surface area contributed by atoms with Gasteiger partial charge in [0.15, 0.2) is 0 Å². The van der Waals surface area contributed by atoms with E-state index in [-0.39, 0.29) is 18.8 Å². The van der Waals surface area contributed by atoms with Gasteiger partial charge in [0.1, 0.15) is 0 Å². The van der Waals surface area contributed by atoms with Crippen LogP contribution in [0.4, 0.5) is 0 Å². The summed E-state index contributed by atoms with van der Waals surface area (Å²) in [6.07, 6.45) is 4.63. The monoisotopic (exact) mass is 396 g/mol. The van der Waals surface area contributed by atoms with Crippen molar-refractivity contribution in [1.29, 1.82) is 0 Å². The van der Waals surface area contributed by atoms with E-state index in [1.165, 1.54) is 35.1 Å². The summed E-state index contributed by atoms with van der Waals surface area (Å²) in [7, 11) is 1.73. The Morgan fingerprint density at radius 3 is 2.48 bits per heavy atom. The van der Waals surface area contributed by atoms with E-state index in [1.54, 1.807) is 7.11 Å². The average molecular weight is 397 g/mol. The van der Waals surface area contributed by atoms with Crippen LogP contribution in [0.1, 0.15) is 65.5 Å². The van der Waals surface area contributed by atoms with Crippen LogP contribution in [-0.2, 0) is 22.3 Å². The highest BCUT2D eigenvalue weighted by molar-refractivity contribution is 5.41. The molecular weight excluding hydrogens is 364 g/mol. The molecule has 2 aromatic carbocycles. The molecule has 2 aliphatic rings. The third-order valence-corrected chi connectivity index (χ3v) is 6.15. The molecule has 0 radical (unpaired) electrons. The lowest BCUT2D eigenvalue weighted by Crippen LogP contribution is -2.33. The topological polar surface area (TPSA) is 58.9 Å². The van der Waals surface area contributed by atoms with Gasteiger partial charge in [-0.25, -0.2) is 0 Å². The fourth-order valence-electron chi connectivity index (χ4n) is 4.36. The predicted molar refractivity (Wildman–Crippen MR) is 113 cm³/mol. The van der Waals surface area contributed by atoms with Gasteiger partial charge in [0, 0.05) is 20.0 Å². The molecule has 0 spiro atoms. The molecule has 2 N–H and O–H groups in total. The number of ether oxygens (including phenoxy) is 2. The zero-order valence-electron chi connectivity index (χ0n) is 17.2. The maximum absolute atomic E-state index is 10.2. The fraction of sp³-hybridized carbons (Fsp3) is 0.520. The van der Waals surface area contributed by atoms with E-state index in [1.807, 2.05) is 0 Å². The van der Waals surface area contributed by atoms with Crippen LogP contribution in [0.15, 0.2) is 42.5 Å². The first-order valence-corrected chi connectivity index (χ1v) is 10.8. The third-order valence-electron chi connectivity index (χ3n) is 6.15. The number of methoxy groups -OCH3 is 1. The molecule has 1 unspecified atom stereocenters. The Kier molecular flexibility index (Phi) is 6.66. The minimum atomic E-state index is -0.419. The molecule has 156 valence electrons. The summed E-state index contributed by atoms with van der Waals surface area (Å²) in [5.41, 5.74) is 6.53. The SMILES string of the molecule is COCCc1ccc(Cc2cc([C@H]3CC(O)C[C@@H](CO)O3)ccc2C2CC2)cc1. The molecule has 4 nitrogen and oxygen atoms in total.